The van der Waals surface area contributed by atoms with E-state index in [2.05, 4.69) is 10.3 Å². The molecule has 0 aliphatic rings. The number of Topliss-reactive ketones (excluding diaryl/α,β-unsaturated/α-hetero) is 1. The highest BCUT2D eigenvalue weighted by Gasteiger charge is 2.26. The second-order valence-electron chi connectivity index (χ2n) is 7.70. The van der Waals surface area contributed by atoms with Gasteiger partial charge in [-0.1, -0.05) is 63.9 Å². The van der Waals surface area contributed by atoms with Crippen LogP contribution in [0.5, 0.6) is 0 Å². The van der Waals surface area contributed by atoms with Crippen molar-refractivity contribution in [3.63, 3.8) is 0 Å². The predicted octanol–water partition coefficient (Wildman–Crippen LogP) is 3.98. The molecule has 160 valence electrons. The minimum absolute atomic E-state index is 0.0362. The van der Waals surface area contributed by atoms with E-state index in [1.54, 1.807) is 19.1 Å². The van der Waals surface area contributed by atoms with E-state index in [0.29, 0.717) is 24.1 Å². The molecule has 0 saturated heterocycles. The molecule has 1 aromatic rings. The van der Waals surface area contributed by atoms with Gasteiger partial charge in [0.05, 0.1) is 7.11 Å². The molecular formula is C23H34N2O4. The number of unbranched alkanes of at least 4 members (excludes halogenated alkanes) is 1. The molecule has 1 amide bonds. The summed E-state index contributed by atoms with van der Waals surface area (Å²) in [5, 5.41) is 2.79. The van der Waals surface area contributed by atoms with Gasteiger partial charge in [0.25, 0.3) is 0 Å². The lowest BCUT2D eigenvalue weighted by Crippen LogP contribution is -2.46. The second-order valence-corrected chi connectivity index (χ2v) is 7.70. The molecule has 6 nitrogen and oxygen atoms in total. The summed E-state index contributed by atoms with van der Waals surface area (Å²) < 4.78 is 4.82. The van der Waals surface area contributed by atoms with E-state index in [1.165, 1.54) is 7.11 Å². The number of esters is 1. The summed E-state index contributed by atoms with van der Waals surface area (Å²) in [6.07, 6.45) is 2.94. The molecule has 0 spiro atoms. The predicted molar refractivity (Wildman–Crippen MR) is 115 cm³/mol. The zero-order chi connectivity index (χ0) is 21.8. The lowest BCUT2D eigenvalue weighted by Gasteiger charge is -2.21. The minimum atomic E-state index is -0.677. The number of aliphatic imine (C=N–C) groups is 1. The van der Waals surface area contributed by atoms with E-state index in [0.717, 1.165) is 12.8 Å². The molecule has 0 radical (unpaired) electrons. The van der Waals surface area contributed by atoms with Crippen LogP contribution in [0.25, 0.3) is 0 Å². The summed E-state index contributed by atoms with van der Waals surface area (Å²) >= 11 is 0. The number of amides is 1. The Hall–Kier alpha value is -2.50. The first-order valence-corrected chi connectivity index (χ1v) is 10.3. The van der Waals surface area contributed by atoms with Crippen LogP contribution >= 0.6 is 0 Å². The molecule has 2 atom stereocenters. The van der Waals surface area contributed by atoms with Gasteiger partial charge in [0, 0.05) is 17.7 Å². The number of ether oxygens (including phenoxy) is 1. The Labute approximate surface area is 174 Å². The Kier molecular flexibility index (Phi) is 10.9. The van der Waals surface area contributed by atoms with Crippen LogP contribution in [0, 0.1) is 5.92 Å². The summed E-state index contributed by atoms with van der Waals surface area (Å²) in [5.41, 5.74) is 1.22. The van der Waals surface area contributed by atoms with Crippen molar-refractivity contribution in [3.05, 3.63) is 35.9 Å². The molecule has 6 heteroatoms. The van der Waals surface area contributed by atoms with Crippen molar-refractivity contribution < 1.29 is 19.1 Å². The molecule has 0 aliphatic carbocycles. The average Bonchev–Trinajstić information content (AvgIpc) is 2.70. The molecule has 0 aromatic heterocycles. The number of methoxy groups -OCH3 is 1. The highest BCUT2D eigenvalue weighted by Crippen LogP contribution is 2.12. The minimum Gasteiger partial charge on any atom is -0.467 e. The van der Waals surface area contributed by atoms with Gasteiger partial charge in [-0.2, -0.15) is 0 Å². The highest BCUT2D eigenvalue weighted by atomic mass is 16.5. The van der Waals surface area contributed by atoms with Gasteiger partial charge in [0.15, 0.2) is 5.78 Å². The van der Waals surface area contributed by atoms with Crippen LogP contribution in [0.2, 0.25) is 0 Å². The largest absolute Gasteiger partial charge is 0.467 e. The third-order valence-electron chi connectivity index (χ3n) is 4.53. The molecule has 0 saturated carbocycles. The maximum absolute atomic E-state index is 12.9. The van der Waals surface area contributed by atoms with Crippen molar-refractivity contribution in [1.29, 1.82) is 0 Å². The van der Waals surface area contributed by atoms with Crippen molar-refractivity contribution in [2.75, 3.05) is 7.11 Å². The fraction of sp³-hybridized carbons (Fsp3) is 0.565. The van der Waals surface area contributed by atoms with E-state index in [4.69, 9.17) is 4.74 Å². The van der Waals surface area contributed by atoms with Crippen LogP contribution in [-0.4, -0.2) is 42.6 Å². The van der Waals surface area contributed by atoms with Gasteiger partial charge in [0.2, 0.25) is 5.91 Å². The molecule has 29 heavy (non-hydrogen) atoms. The van der Waals surface area contributed by atoms with Gasteiger partial charge in [0.1, 0.15) is 12.1 Å². The van der Waals surface area contributed by atoms with Gasteiger partial charge in [-0.25, -0.2) is 4.79 Å². The van der Waals surface area contributed by atoms with Crippen molar-refractivity contribution in [1.82, 2.24) is 5.32 Å². The highest BCUT2D eigenvalue weighted by molar-refractivity contribution is 6.09. The molecular weight excluding hydrogens is 368 g/mol. The zero-order valence-electron chi connectivity index (χ0n) is 18.2. The van der Waals surface area contributed by atoms with Crippen LogP contribution in [-0.2, 0) is 14.3 Å². The van der Waals surface area contributed by atoms with Gasteiger partial charge in [-0.3, -0.25) is 14.6 Å². The summed E-state index contributed by atoms with van der Waals surface area (Å²) in [6.45, 7) is 7.80. The van der Waals surface area contributed by atoms with E-state index >= 15 is 0 Å². The third-order valence-corrected chi connectivity index (χ3v) is 4.53. The van der Waals surface area contributed by atoms with Gasteiger partial charge < -0.3 is 10.1 Å². The molecule has 0 aliphatic heterocycles. The SMILES string of the molecule is CCCC[C@H](NC(=O)[C@H](CC(C)C)N=C(C)CC(=O)c1ccccc1)C(=O)OC. The van der Waals surface area contributed by atoms with Crippen LogP contribution < -0.4 is 5.32 Å². The van der Waals surface area contributed by atoms with Crippen molar-refractivity contribution in [2.24, 2.45) is 10.9 Å². The van der Waals surface area contributed by atoms with E-state index in [1.807, 2.05) is 39.0 Å². The molecule has 0 bridgehead atoms. The number of nitrogens with one attached hydrogen (secondary N) is 1. The summed E-state index contributed by atoms with van der Waals surface area (Å²) in [5.74, 6) is -0.558. The number of carbonyl (C=O) groups excluding carboxylic acids is 3. The summed E-state index contributed by atoms with van der Waals surface area (Å²) in [7, 11) is 1.32. The van der Waals surface area contributed by atoms with Crippen molar-refractivity contribution >= 4 is 23.4 Å². The molecule has 0 heterocycles. The standard InChI is InChI=1S/C23H34N2O4/c1-6-7-13-19(23(28)29-5)25-22(27)20(14-16(2)3)24-17(4)15-21(26)18-11-9-8-10-12-18/h8-12,16,19-20H,6-7,13-15H2,1-5H3,(H,25,27)/t19-,20-/m0/s1. The average molecular weight is 403 g/mol. The van der Waals surface area contributed by atoms with Gasteiger partial charge >= 0.3 is 5.97 Å². The Morgan fingerprint density at radius 1 is 1.14 bits per heavy atom. The van der Waals surface area contributed by atoms with Gasteiger partial charge in [-0.05, 0) is 25.7 Å². The zero-order valence-corrected chi connectivity index (χ0v) is 18.2. The molecule has 1 aromatic carbocycles. The van der Waals surface area contributed by atoms with Crippen molar-refractivity contribution in [3.8, 4) is 0 Å². The lowest BCUT2D eigenvalue weighted by molar-refractivity contribution is -0.145. The monoisotopic (exact) mass is 402 g/mol. The molecule has 0 fully saturated rings. The Balaban J connectivity index is 2.90. The van der Waals surface area contributed by atoms with Crippen LogP contribution in [0.4, 0.5) is 0 Å². The fourth-order valence-electron chi connectivity index (χ4n) is 3.00. The number of rotatable bonds is 12. The van der Waals surface area contributed by atoms with E-state index < -0.39 is 18.1 Å². The summed E-state index contributed by atoms with van der Waals surface area (Å²) in [6, 6.07) is 7.70. The van der Waals surface area contributed by atoms with E-state index in [-0.39, 0.29) is 24.0 Å². The molecule has 1 N–H and O–H groups in total. The molecule has 0 unspecified atom stereocenters. The lowest BCUT2D eigenvalue weighted by atomic mass is 10.0. The smallest absolute Gasteiger partial charge is 0.328 e. The Bertz CT molecular complexity index is 698. The third kappa shape index (κ3) is 9.03. The maximum atomic E-state index is 12.9. The number of nitrogens with zero attached hydrogens (tertiary/aromatic N) is 1. The Morgan fingerprint density at radius 2 is 1.79 bits per heavy atom. The van der Waals surface area contributed by atoms with Crippen LogP contribution in [0.15, 0.2) is 35.3 Å². The first-order chi connectivity index (χ1) is 13.8. The number of carbonyl (C=O) groups is 3. The summed E-state index contributed by atoms with van der Waals surface area (Å²) in [4.78, 5) is 41.8. The first-order valence-electron chi connectivity index (χ1n) is 10.3. The van der Waals surface area contributed by atoms with Crippen LogP contribution in [0.3, 0.4) is 0 Å². The topological polar surface area (TPSA) is 84.8 Å². The maximum Gasteiger partial charge on any atom is 0.328 e. The number of benzene rings is 1. The Morgan fingerprint density at radius 3 is 2.34 bits per heavy atom. The first kappa shape index (κ1) is 24.5. The van der Waals surface area contributed by atoms with Crippen molar-refractivity contribution in [2.45, 2.75) is 71.9 Å². The molecule has 1 rings (SSSR count). The number of hydrogen-bond donors (Lipinski definition) is 1. The normalized spacial score (nSPS) is 13.7. The number of ketones is 1. The van der Waals surface area contributed by atoms with Crippen LogP contribution in [0.1, 0.15) is 70.2 Å². The van der Waals surface area contributed by atoms with Gasteiger partial charge in [-0.15, -0.1) is 0 Å². The fourth-order valence-corrected chi connectivity index (χ4v) is 3.00. The second kappa shape index (κ2) is 12.9. The van der Waals surface area contributed by atoms with E-state index in [9.17, 15) is 14.4 Å². The number of hydrogen-bond acceptors (Lipinski definition) is 5. The quantitative estimate of drug-likeness (QED) is 0.325.